The van der Waals surface area contributed by atoms with E-state index in [0.29, 0.717) is 22.3 Å². The molecule has 2 aromatic carbocycles. The lowest BCUT2D eigenvalue weighted by Gasteiger charge is -2.17. The first kappa shape index (κ1) is 16.8. The smallest absolute Gasteiger partial charge is 0.143 e. The van der Waals surface area contributed by atoms with Crippen LogP contribution in [0.3, 0.4) is 0 Å². The summed E-state index contributed by atoms with van der Waals surface area (Å²) < 4.78 is 10.9. The van der Waals surface area contributed by atoms with Crippen molar-refractivity contribution in [3.8, 4) is 11.5 Å². The van der Waals surface area contributed by atoms with E-state index in [1.165, 1.54) is 0 Å². The van der Waals surface area contributed by atoms with Crippen LogP contribution in [0.4, 0.5) is 5.69 Å². The van der Waals surface area contributed by atoms with Crippen molar-refractivity contribution in [1.82, 2.24) is 0 Å². The molecule has 5 heteroatoms. The molecule has 2 rings (SSSR count). The molecule has 0 unspecified atom stereocenters. The van der Waals surface area contributed by atoms with E-state index in [1.807, 2.05) is 44.2 Å². The third-order valence-electron chi connectivity index (χ3n) is 3.01. The van der Waals surface area contributed by atoms with E-state index < -0.39 is 0 Å². The Hall–Kier alpha value is -1.58. The molecular weight excluding hydrogens is 321 g/mol. The van der Waals surface area contributed by atoms with Gasteiger partial charge in [0, 0.05) is 22.8 Å². The van der Waals surface area contributed by atoms with Gasteiger partial charge in [-0.05, 0) is 50.2 Å². The summed E-state index contributed by atoms with van der Waals surface area (Å²) >= 11 is 12.3. The molecule has 0 radical (unpaired) electrons. The molecule has 0 aromatic heterocycles. The fourth-order valence-electron chi connectivity index (χ4n) is 2.02. The molecule has 2 aromatic rings. The van der Waals surface area contributed by atoms with Crippen molar-refractivity contribution in [2.45, 2.75) is 26.5 Å². The lowest BCUT2D eigenvalue weighted by atomic mass is 10.2. The lowest BCUT2D eigenvalue weighted by molar-refractivity contribution is 0.240. The molecule has 0 saturated carbocycles. The van der Waals surface area contributed by atoms with E-state index in [4.69, 9.17) is 32.7 Å². The monoisotopic (exact) mass is 339 g/mol. The third kappa shape index (κ3) is 4.46. The highest BCUT2D eigenvalue weighted by atomic mass is 35.5. The van der Waals surface area contributed by atoms with Crippen molar-refractivity contribution in [3.63, 3.8) is 0 Å². The summed E-state index contributed by atoms with van der Waals surface area (Å²) in [7, 11) is 1.64. The Morgan fingerprint density at radius 3 is 2.36 bits per heavy atom. The molecule has 0 bridgehead atoms. The molecule has 0 saturated heterocycles. The van der Waals surface area contributed by atoms with Gasteiger partial charge in [-0.1, -0.05) is 23.2 Å². The van der Waals surface area contributed by atoms with Crippen LogP contribution in [0.5, 0.6) is 11.5 Å². The van der Waals surface area contributed by atoms with Crippen LogP contribution in [-0.4, -0.2) is 13.2 Å². The number of ether oxygens (including phenoxy) is 2. The Labute approximate surface area is 141 Å². The first-order valence-electron chi connectivity index (χ1n) is 7.02. The summed E-state index contributed by atoms with van der Waals surface area (Å²) in [6.07, 6.45) is 0.0402. The predicted octanol–water partition coefficient (Wildman–Crippen LogP) is 5.40. The van der Waals surface area contributed by atoms with Gasteiger partial charge in [0.25, 0.3) is 0 Å². The second-order valence-corrected chi connectivity index (χ2v) is 5.97. The summed E-state index contributed by atoms with van der Waals surface area (Å²) in [5.74, 6) is 1.49. The zero-order valence-electron chi connectivity index (χ0n) is 12.8. The maximum atomic E-state index is 6.25. The van der Waals surface area contributed by atoms with Gasteiger partial charge in [0.05, 0.1) is 18.2 Å². The van der Waals surface area contributed by atoms with Gasteiger partial charge in [0.1, 0.15) is 11.5 Å². The van der Waals surface area contributed by atoms with Gasteiger partial charge in [0.2, 0.25) is 0 Å². The summed E-state index contributed by atoms with van der Waals surface area (Å²) in [5.41, 5.74) is 1.90. The Kier molecular flexibility index (Phi) is 5.81. The minimum Gasteiger partial charge on any atom is -0.497 e. The van der Waals surface area contributed by atoms with E-state index in [1.54, 1.807) is 13.2 Å². The predicted molar refractivity (Wildman–Crippen MR) is 92.5 cm³/mol. The second kappa shape index (κ2) is 7.61. The number of anilines is 1. The molecule has 3 nitrogen and oxygen atoms in total. The number of nitrogens with one attached hydrogen (secondary N) is 1. The number of methoxy groups -OCH3 is 1. The van der Waals surface area contributed by atoms with Crippen LogP contribution in [-0.2, 0) is 6.54 Å². The Bertz CT molecular complexity index is 627. The number of rotatable bonds is 6. The fraction of sp³-hybridized carbons (Fsp3) is 0.294. The second-order valence-electron chi connectivity index (χ2n) is 5.12. The molecule has 0 fully saturated rings. The molecule has 0 spiro atoms. The van der Waals surface area contributed by atoms with E-state index in [2.05, 4.69) is 5.32 Å². The Morgan fingerprint density at radius 2 is 1.77 bits per heavy atom. The molecule has 0 aliphatic heterocycles. The van der Waals surface area contributed by atoms with Crippen molar-refractivity contribution in [1.29, 1.82) is 0 Å². The topological polar surface area (TPSA) is 30.5 Å². The first-order chi connectivity index (χ1) is 10.5. The molecule has 1 N–H and O–H groups in total. The number of benzene rings is 2. The van der Waals surface area contributed by atoms with Gasteiger partial charge in [-0.25, -0.2) is 0 Å². The van der Waals surface area contributed by atoms with Crippen LogP contribution in [0, 0.1) is 0 Å². The molecule has 22 heavy (non-hydrogen) atoms. The molecule has 0 heterocycles. The van der Waals surface area contributed by atoms with Gasteiger partial charge >= 0.3 is 0 Å². The van der Waals surface area contributed by atoms with Crippen molar-refractivity contribution in [2.75, 3.05) is 12.4 Å². The van der Waals surface area contributed by atoms with Gasteiger partial charge in [-0.2, -0.15) is 0 Å². The fourth-order valence-corrected chi connectivity index (χ4v) is 2.60. The van der Waals surface area contributed by atoms with Crippen LogP contribution < -0.4 is 14.8 Å². The summed E-state index contributed by atoms with van der Waals surface area (Å²) in [6, 6.07) is 11.3. The maximum absolute atomic E-state index is 6.25. The molecule has 0 aliphatic carbocycles. The van der Waals surface area contributed by atoms with E-state index in [0.717, 1.165) is 17.0 Å². The van der Waals surface area contributed by atoms with Crippen molar-refractivity contribution in [2.24, 2.45) is 0 Å². The Morgan fingerprint density at radius 1 is 1.09 bits per heavy atom. The standard InChI is InChI=1S/C17H19Cl2NO2/c1-11(2)22-17-12(8-13(18)9-16(17)19)10-20-14-4-6-15(21-3)7-5-14/h4-9,11,20H,10H2,1-3H3. The summed E-state index contributed by atoms with van der Waals surface area (Å²) in [6.45, 7) is 4.49. The minimum absolute atomic E-state index is 0.0402. The first-order valence-corrected chi connectivity index (χ1v) is 7.77. The van der Waals surface area contributed by atoms with Crippen LogP contribution in [0.1, 0.15) is 19.4 Å². The quantitative estimate of drug-likeness (QED) is 0.764. The zero-order valence-corrected chi connectivity index (χ0v) is 14.3. The average molecular weight is 340 g/mol. The SMILES string of the molecule is COc1ccc(NCc2cc(Cl)cc(Cl)c2OC(C)C)cc1. The van der Waals surface area contributed by atoms with Crippen LogP contribution >= 0.6 is 23.2 Å². The van der Waals surface area contributed by atoms with Crippen LogP contribution in [0.15, 0.2) is 36.4 Å². The summed E-state index contributed by atoms with van der Waals surface area (Å²) in [5, 5.41) is 4.44. The number of halogens is 2. The highest BCUT2D eigenvalue weighted by Gasteiger charge is 2.12. The maximum Gasteiger partial charge on any atom is 0.143 e. The highest BCUT2D eigenvalue weighted by molar-refractivity contribution is 6.35. The van der Waals surface area contributed by atoms with Gasteiger partial charge in [-0.15, -0.1) is 0 Å². The normalized spacial score (nSPS) is 10.6. The van der Waals surface area contributed by atoms with Gasteiger partial charge in [0.15, 0.2) is 0 Å². The summed E-state index contributed by atoms with van der Waals surface area (Å²) in [4.78, 5) is 0. The molecule has 0 aliphatic rings. The van der Waals surface area contributed by atoms with E-state index >= 15 is 0 Å². The van der Waals surface area contributed by atoms with Crippen LogP contribution in [0.2, 0.25) is 10.0 Å². The Balaban J connectivity index is 2.16. The molecule has 118 valence electrons. The largest absolute Gasteiger partial charge is 0.497 e. The lowest BCUT2D eigenvalue weighted by Crippen LogP contribution is -2.10. The molecule has 0 atom stereocenters. The van der Waals surface area contributed by atoms with Crippen molar-refractivity contribution >= 4 is 28.9 Å². The van der Waals surface area contributed by atoms with Gasteiger partial charge < -0.3 is 14.8 Å². The minimum atomic E-state index is 0.0402. The third-order valence-corrected chi connectivity index (χ3v) is 3.51. The van der Waals surface area contributed by atoms with E-state index in [9.17, 15) is 0 Å². The number of hydrogen-bond donors (Lipinski definition) is 1. The average Bonchev–Trinajstić information content (AvgIpc) is 2.48. The molecular formula is C17H19Cl2NO2. The van der Waals surface area contributed by atoms with Crippen LogP contribution in [0.25, 0.3) is 0 Å². The van der Waals surface area contributed by atoms with Crippen molar-refractivity contribution < 1.29 is 9.47 Å². The molecule has 0 amide bonds. The van der Waals surface area contributed by atoms with E-state index in [-0.39, 0.29) is 6.10 Å². The van der Waals surface area contributed by atoms with Gasteiger partial charge in [-0.3, -0.25) is 0 Å². The highest BCUT2D eigenvalue weighted by Crippen LogP contribution is 2.33. The zero-order chi connectivity index (χ0) is 16.1. The number of hydrogen-bond acceptors (Lipinski definition) is 3. The van der Waals surface area contributed by atoms with Crippen molar-refractivity contribution in [3.05, 3.63) is 52.0 Å².